The van der Waals surface area contributed by atoms with E-state index in [1.54, 1.807) is 0 Å². The summed E-state index contributed by atoms with van der Waals surface area (Å²) in [5.74, 6) is 0.834. The van der Waals surface area contributed by atoms with E-state index in [9.17, 15) is 4.79 Å². The Morgan fingerprint density at radius 3 is 2.14 bits per heavy atom. The fraction of sp³-hybridized carbons (Fsp3) is 0.947. The number of carbonyl (C=O) groups is 1. The van der Waals surface area contributed by atoms with Crippen LogP contribution in [-0.4, -0.2) is 17.6 Å². The molecule has 2 N–H and O–H groups in total. The maximum Gasteiger partial charge on any atom is 0.315 e. The molecule has 5 rings (SSSR count). The van der Waals surface area contributed by atoms with Crippen molar-refractivity contribution in [1.82, 2.24) is 10.6 Å². The fourth-order valence-electron chi connectivity index (χ4n) is 7.30. The molecule has 5 aliphatic rings. The summed E-state index contributed by atoms with van der Waals surface area (Å²) in [6, 6.07) is 0.523. The lowest BCUT2D eigenvalue weighted by atomic mass is 9.43. The Labute approximate surface area is 135 Å². The summed E-state index contributed by atoms with van der Waals surface area (Å²) in [4.78, 5) is 12.6. The Balaban J connectivity index is 1.44. The lowest BCUT2D eigenvalue weighted by Gasteiger charge is -2.65. The highest BCUT2D eigenvalue weighted by Crippen LogP contribution is 2.66. The molecule has 0 saturated heterocycles. The van der Waals surface area contributed by atoms with Gasteiger partial charge >= 0.3 is 6.03 Å². The summed E-state index contributed by atoms with van der Waals surface area (Å²) in [5.41, 5.74) is 1.01. The van der Waals surface area contributed by atoms with Crippen LogP contribution in [0.3, 0.4) is 0 Å². The Morgan fingerprint density at radius 2 is 1.55 bits per heavy atom. The van der Waals surface area contributed by atoms with Gasteiger partial charge < -0.3 is 10.6 Å². The van der Waals surface area contributed by atoms with Gasteiger partial charge in [0.05, 0.1) is 0 Å². The van der Waals surface area contributed by atoms with Crippen LogP contribution in [0.2, 0.25) is 0 Å². The molecule has 0 aromatic carbocycles. The van der Waals surface area contributed by atoms with Crippen molar-refractivity contribution in [3.05, 3.63) is 0 Å². The molecule has 0 heterocycles. The predicted molar refractivity (Wildman–Crippen MR) is 88.7 cm³/mol. The van der Waals surface area contributed by atoms with Gasteiger partial charge in [-0.2, -0.15) is 0 Å². The molecule has 5 aliphatic carbocycles. The average molecular weight is 304 g/mol. The fourth-order valence-corrected chi connectivity index (χ4v) is 7.30. The third-order valence-corrected chi connectivity index (χ3v) is 6.95. The minimum atomic E-state index is 0.0850. The highest BCUT2D eigenvalue weighted by atomic mass is 16.2. The van der Waals surface area contributed by atoms with Crippen molar-refractivity contribution >= 4 is 6.03 Å². The van der Waals surface area contributed by atoms with Crippen LogP contribution in [-0.2, 0) is 0 Å². The van der Waals surface area contributed by atoms with Gasteiger partial charge in [0.25, 0.3) is 0 Å². The maximum atomic E-state index is 12.6. The zero-order chi connectivity index (χ0) is 15.4. The van der Waals surface area contributed by atoms with Crippen molar-refractivity contribution in [2.45, 2.75) is 96.1 Å². The van der Waals surface area contributed by atoms with E-state index in [2.05, 4.69) is 24.5 Å². The first-order chi connectivity index (χ1) is 10.4. The molecule has 22 heavy (non-hydrogen) atoms. The maximum absolute atomic E-state index is 12.6. The van der Waals surface area contributed by atoms with Crippen LogP contribution >= 0.6 is 0 Å². The van der Waals surface area contributed by atoms with Gasteiger partial charge in [0.1, 0.15) is 0 Å². The molecule has 0 unspecified atom stereocenters. The SMILES string of the molecule is C[C@]12CC3CC(NC(=O)NC4CCCCC4)(C1)C[C@](C)(C3)C2. The Morgan fingerprint density at radius 1 is 0.909 bits per heavy atom. The summed E-state index contributed by atoms with van der Waals surface area (Å²) >= 11 is 0. The first kappa shape index (κ1) is 14.8. The van der Waals surface area contributed by atoms with Crippen LogP contribution in [0.4, 0.5) is 4.79 Å². The second kappa shape index (κ2) is 4.88. The molecule has 3 heteroatoms. The van der Waals surface area contributed by atoms with Crippen molar-refractivity contribution in [1.29, 1.82) is 0 Å². The topological polar surface area (TPSA) is 41.1 Å². The largest absolute Gasteiger partial charge is 0.335 e. The van der Waals surface area contributed by atoms with E-state index >= 15 is 0 Å². The van der Waals surface area contributed by atoms with Gasteiger partial charge in [-0.05, 0) is 68.1 Å². The van der Waals surface area contributed by atoms with E-state index in [0.29, 0.717) is 16.9 Å². The van der Waals surface area contributed by atoms with Gasteiger partial charge in [-0.1, -0.05) is 33.1 Å². The number of amides is 2. The van der Waals surface area contributed by atoms with Gasteiger partial charge in [0.2, 0.25) is 0 Å². The molecule has 2 amide bonds. The van der Waals surface area contributed by atoms with Crippen molar-refractivity contribution in [2.75, 3.05) is 0 Å². The van der Waals surface area contributed by atoms with Gasteiger partial charge in [-0.15, -0.1) is 0 Å². The second-order valence-corrected chi connectivity index (χ2v) is 9.84. The molecule has 2 atom stereocenters. The monoisotopic (exact) mass is 304 g/mol. The molecule has 5 fully saturated rings. The van der Waals surface area contributed by atoms with Crippen LogP contribution in [0.1, 0.15) is 84.5 Å². The predicted octanol–water partition coefficient (Wildman–Crippen LogP) is 4.37. The summed E-state index contributed by atoms with van der Waals surface area (Å²) in [7, 11) is 0. The molecule has 3 nitrogen and oxygen atoms in total. The first-order valence-corrected chi connectivity index (χ1v) is 9.47. The average Bonchev–Trinajstić information content (AvgIpc) is 2.34. The van der Waals surface area contributed by atoms with Gasteiger partial charge in [0.15, 0.2) is 0 Å². The quantitative estimate of drug-likeness (QED) is 0.781. The summed E-state index contributed by atoms with van der Waals surface area (Å²) < 4.78 is 0. The first-order valence-electron chi connectivity index (χ1n) is 9.47. The molecule has 0 aliphatic heterocycles. The zero-order valence-electron chi connectivity index (χ0n) is 14.3. The summed E-state index contributed by atoms with van der Waals surface area (Å²) in [6.07, 6.45) is 14.0. The van der Waals surface area contributed by atoms with E-state index in [-0.39, 0.29) is 11.6 Å². The van der Waals surface area contributed by atoms with Crippen LogP contribution in [0.25, 0.3) is 0 Å². The Bertz CT molecular complexity index is 450. The molecular weight excluding hydrogens is 272 g/mol. The number of hydrogen-bond donors (Lipinski definition) is 2. The number of rotatable bonds is 2. The lowest BCUT2D eigenvalue weighted by molar-refractivity contribution is -0.113. The second-order valence-electron chi connectivity index (χ2n) is 9.84. The van der Waals surface area contributed by atoms with Crippen LogP contribution < -0.4 is 10.6 Å². The van der Waals surface area contributed by atoms with Crippen LogP contribution in [0.15, 0.2) is 0 Å². The van der Waals surface area contributed by atoms with Crippen LogP contribution in [0, 0.1) is 16.7 Å². The summed E-state index contributed by atoms with van der Waals surface area (Å²) in [6.45, 7) is 4.93. The molecule has 0 aromatic heterocycles. The molecule has 0 radical (unpaired) electrons. The number of hydrogen-bond acceptors (Lipinski definition) is 1. The van der Waals surface area contributed by atoms with Crippen molar-refractivity contribution < 1.29 is 4.79 Å². The minimum Gasteiger partial charge on any atom is -0.335 e. The lowest BCUT2D eigenvalue weighted by Crippen LogP contribution is -2.66. The smallest absolute Gasteiger partial charge is 0.315 e. The summed E-state index contributed by atoms with van der Waals surface area (Å²) in [5, 5.41) is 6.74. The number of carbonyl (C=O) groups excluding carboxylic acids is 1. The van der Waals surface area contributed by atoms with Gasteiger partial charge in [0, 0.05) is 11.6 Å². The molecular formula is C19H32N2O. The Kier molecular flexibility index (Phi) is 3.29. The Hall–Kier alpha value is -0.730. The molecule has 5 saturated carbocycles. The molecule has 4 bridgehead atoms. The van der Waals surface area contributed by atoms with Crippen molar-refractivity contribution in [3.8, 4) is 0 Å². The molecule has 0 aromatic rings. The molecule has 124 valence electrons. The van der Waals surface area contributed by atoms with Gasteiger partial charge in [-0.3, -0.25) is 0 Å². The van der Waals surface area contributed by atoms with Gasteiger partial charge in [-0.25, -0.2) is 4.79 Å². The standard InChI is InChI=1S/C19H32N2O/c1-17-8-14-9-18(2,11-17)13-19(10-14,12-17)21-16(22)20-15-6-4-3-5-7-15/h14-15H,3-13H2,1-2H3,(H2,20,21,22)/t14?,17-,18-,19?/m1/s1. The zero-order valence-corrected chi connectivity index (χ0v) is 14.3. The molecule has 0 spiro atoms. The van der Waals surface area contributed by atoms with Crippen molar-refractivity contribution in [2.24, 2.45) is 16.7 Å². The third-order valence-electron chi connectivity index (χ3n) is 6.95. The van der Waals surface area contributed by atoms with E-state index in [0.717, 1.165) is 5.92 Å². The third kappa shape index (κ3) is 2.65. The van der Waals surface area contributed by atoms with Crippen molar-refractivity contribution in [3.63, 3.8) is 0 Å². The minimum absolute atomic E-state index is 0.0850. The van der Waals surface area contributed by atoms with E-state index < -0.39 is 0 Å². The van der Waals surface area contributed by atoms with E-state index in [1.165, 1.54) is 70.6 Å². The normalized spacial score (nSPS) is 47.5. The van der Waals surface area contributed by atoms with Crippen LogP contribution in [0.5, 0.6) is 0 Å². The van der Waals surface area contributed by atoms with E-state index in [1.807, 2.05) is 0 Å². The highest BCUT2D eigenvalue weighted by molar-refractivity contribution is 5.75. The number of nitrogens with one attached hydrogen (secondary N) is 2. The number of urea groups is 1. The highest BCUT2D eigenvalue weighted by Gasteiger charge is 2.60. The van der Waals surface area contributed by atoms with E-state index in [4.69, 9.17) is 0 Å².